The second-order valence-corrected chi connectivity index (χ2v) is 9.03. The fourth-order valence-corrected chi connectivity index (χ4v) is 5.04. The molecule has 0 N–H and O–H groups in total. The van der Waals surface area contributed by atoms with Gasteiger partial charge >= 0.3 is 0 Å². The first-order valence-corrected chi connectivity index (χ1v) is 11.9. The van der Waals surface area contributed by atoms with Gasteiger partial charge in [0.15, 0.2) is 0 Å². The van der Waals surface area contributed by atoms with E-state index in [9.17, 15) is 0 Å². The summed E-state index contributed by atoms with van der Waals surface area (Å²) >= 11 is 0. The van der Waals surface area contributed by atoms with Gasteiger partial charge in [0.2, 0.25) is 0 Å². The van der Waals surface area contributed by atoms with Crippen LogP contribution in [0.1, 0.15) is 53.7 Å². The maximum atomic E-state index is 5.19. The third-order valence-corrected chi connectivity index (χ3v) is 6.71. The molecule has 166 valence electrons. The first kappa shape index (κ1) is 21.0. The zero-order valence-corrected chi connectivity index (χ0v) is 19.0. The molecule has 0 amide bonds. The van der Waals surface area contributed by atoms with E-state index in [0.717, 1.165) is 80.7 Å². The molecular weight excluding hydrogens is 396 g/mol. The van der Waals surface area contributed by atoms with E-state index in [1.54, 1.807) is 0 Å². The van der Waals surface area contributed by atoms with Crippen LogP contribution in [0, 0.1) is 6.92 Å². The number of rotatable bonds is 6. The van der Waals surface area contributed by atoms with E-state index in [-0.39, 0.29) is 0 Å². The first-order valence-electron chi connectivity index (χ1n) is 11.9. The topological polar surface area (TPSA) is 58.0 Å². The second-order valence-electron chi connectivity index (χ2n) is 9.03. The summed E-state index contributed by atoms with van der Waals surface area (Å²) in [5.41, 5.74) is 4.77. The summed E-state index contributed by atoms with van der Waals surface area (Å²) in [6, 6.07) is 12.3. The summed E-state index contributed by atoms with van der Waals surface area (Å²) in [7, 11) is 0. The number of anilines is 1. The number of aryl methyl sites for hydroxylation is 1. The molecule has 0 unspecified atom stereocenters. The lowest BCUT2D eigenvalue weighted by atomic mass is 9.96. The smallest absolute Gasteiger partial charge is 0.135 e. The van der Waals surface area contributed by atoms with Crippen molar-refractivity contribution in [1.82, 2.24) is 24.8 Å². The highest BCUT2D eigenvalue weighted by Gasteiger charge is 2.28. The Balaban J connectivity index is 1.33. The fraction of sp³-hybridized carbons (Fsp3) is 0.462. The van der Waals surface area contributed by atoms with Crippen molar-refractivity contribution in [2.24, 2.45) is 0 Å². The minimum Gasteiger partial charge on any atom is -0.356 e. The quantitative estimate of drug-likeness (QED) is 0.593. The Morgan fingerprint density at radius 2 is 1.75 bits per heavy atom. The van der Waals surface area contributed by atoms with Gasteiger partial charge in [-0.2, -0.15) is 0 Å². The molecule has 1 saturated heterocycles. The summed E-state index contributed by atoms with van der Waals surface area (Å²) in [6.07, 6.45) is 9.29. The predicted molar refractivity (Wildman–Crippen MR) is 127 cm³/mol. The van der Waals surface area contributed by atoms with Crippen LogP contribution in [-0.4, -0.2) is 51.0 Å². The molecular formula is C26H32N6. The lowest BCUT2D eigenvalue weighted by Gasteiger charge is -2.34. The van der Waals surface area contributed by atoms with Crippen molar-refractivity contribution < 1.29 is 0 Å². The van der Waals surface area contributed by atoms with Crippen LogP contribution >= 0.6 is 0 Å². The number of nitrogens with zero attached hydrogens (tertiary/aromatic N) is 6. The van der Waals surface area contributed by atoms with Gasteiger partial charge in [-0.05, 0) is 63.4 Å². The summed E-state index contributed by atoms with van der Waals surface area (Å²) in [6.45, 7) is 7.21. The molecule has 1 atom stereocenters. The SMILES string of the molecule is Cc1nc([C@@H]2CCCN(Cc3ccccn3)C2)nc2c1CCCN2CCc1ccccn1. The van der Waals surface area contributed by atoms with E-state index in [0.29, 0.717) is 5.92 Å². The Hall–Kier alpha value is -2.86. The minimum absolute atomic E-state index is 0.385. The number of likely N-dealkylation sites (tertiary alicyclic amines) is 1. The van der Waals surface area contributed by atoms with Crippen molar-refractivity contribution in [3.63, 3.8) is 0 Å². The monoisotopic (exact) mass is 428 g/mol. The average Bonchev–Trinajstić information content (AvgIpc) is 2.84. The molecule has 0 saturated carbocycles. The van der Waals surface area contributed by atoms with Gasteiger partial charge in [-0.25, -0.2) is 9.97 Å². The van der Waals surface area contributed by atoms with Crippen molar-refractivity contribution in [3.05, 3.63) is 77.3 Å². The average molecular weight is 429 g/mol. The fourth-order valence-electron chi connectivity index (χ4n) is 5.04. The van der Waals surface area contributed by atoms with Crippen LogP contribution in [-0.2, 0) is 19.4 Å². The molecule has 2 aliphatic heterocycles. The highest BCUT2D eigenvalue weighted by molar-refractivity contribution is 5.51. The number of hydrogen-bond acceptors (Lipinski definition) is 6. The van der Waals surface area contributed by atoms with Gasteiger partial charge in [-0.15, -0.1) is 0 Å². The number of piperidine rings is 1. The van der Waals surface area contributed by atoms with Gasteiger partial charge < -0.3 is 4.90 Å². The highest BCUT2D eigenvalue weighted by Crippen LogP contribution is 2.32. The second kappa shape index (κ2) is 9.74. The van der Waals surface area contributed by atoms with E-state index in [1.807, 2.05) is 24.5 Å². The van der Waals surface area contributed by atoms with Gasteiger partial charge in [-0.1, -0.05) is 12.1 Å². The van der Waals surface area contributed by atoms with Gasteiger partial charge in [0.05, 0.1) is 5.69 Å². The maximum absolute atomic E-state index is 5.19. The molecule has 0 spiro atoms. The molecule has 5 heterocycles. The molecule has 0 aromatic carbocycles. The van der Waals surface area contributed by atoms with Crippen LogP contribution < -0.4 is 4.90 Å². The Morgan fingerprint density at radius 1 is 0.938 bits per heavy atom. The zero-order valence-electron chi connectivity index (χ0n) is 19.0. The van der Waals surface area contributed by atoms with Crippen LogP contribution in [0.2, 0.25) is 0 Å². The summed E-state index contributed by atoms with van der Waals surface area (Å²) in [5.74, 6) is 2.57. The summed E-state index contributed by atoms with van der Waals surface area (Å²) in [5, 5.41) is 0. The zero-order chi connectivity index (χ0) is 21.8. The van der Waals surface area contributed by atoms with E-state index < -0.39 is 0 Å². The van der Waals surface area contributed by atoms with Crippen molar-refractivity contribution in [2.45, 2.75) is 51.5 Å². The third-order valence-electron chi connectivity index (χ3n) is 6.71. The third kappa shape index (κ3) is 4.80. The molecule has 6 nitrogen and oxygen atoms in total. The van der Waals surface area contributed by atoms with Crippen molar-refractivity contribution in [1.29, 1.82) is 0 Å². The molecule has 3 aromatic rings. The molecule has 5 rings (SSSR count). The van der Waals surface area contributed by atoms with E-state index >= 15 is 0 Å². The normalized spacial score (nSPS) is 19.0. The Kier molecular flexibility index (Phi) is 6.39. The van der Waals surface area contributed by atoms with Crippen LogP contribution in [0.3, 0.4) is 0 Å². The van der Waals surface area contributed by atoms with Gasteiger partial charge in [0, 0.05) is 67.9 Å². The molecule has 1 fully saturated rings. The maximum Gasteiger partial charge on any atom is 0.135 e. The van der Waals surface area contributed by atoms with E-state index in [2.05, 4.69) is 51.0 Å². The van der Waals surface area contributed by atoms with Crippen LogP contribution in [0.5, 0.6) is 0 Å². The molecule has 0 bridgehead atoms. The van der Waals surface area contributed by atoms with Crippen molar-refractivity contribution >= 4 is 5.82 Å². The van der Waals surface area contributed by atoms with E-state index in [1.165, 1.54) is 18.4 Å². The number of hydrogen-bond donors (Lipinski definition) is 0. The summed E-state index contributed by atoms with van der Waals surface area (Å²) in [4.78, 5) is 24.2. The van der Waals surface area contributed by atoms with Gasteiger partial charge in [0.1, 0.15) is 11.6 Å². The van der Waals surface area contributed by atoms with E-state index in [4.69, 9.17) is 9.97 Å². The first-order chi connectivity index (χ1) is 15.8. The highest BCUT2D eigenvalue weighted by atomic mass is 15.2. The number of fused-ring (bicyclic) bond motifs is 1. The Morgan fingerprint density at radius 3 is 2.53 bits per heavy atom. The molecule has 0 radical (unpaired) electrons. The standard InChI is InChI=1S/C26H32N6/c1-20-24-11-7-16-32(17-12-22-9-2-4-13-27-22)26(24)30-25(29-20)21-8-6-15-31(18-21)19-23-10-3-5-14-28-23/h2-5,9-10,13-14,21H,6-8,11-12,15-19H2,1H3/t21-/m1/s1. The molecule has 3 aromatic heterocycles. The lowest BCUT2D eigenvalue weighted by molar-refractivity contribution is 0.194. The lowest BCUT2D eigenvalue weighted by Crippen LogP contribution is -2.36. The molecule has 32 heavy (non-hydrogen) atoms. The Labute approximate surface area is 190 Å². The Bertz CT molecular complexity index is 1020. The molecule has 0 aliphatic carbocycles. The molecule has 2 aliphatic rings. The predicted octanol–water partition coefficient (Wildman–Crippen LogP) is 3.95. The van der Waals surface area contributed by atoms with Crippen LogP contribution in [0.4, 0.5) is 5.82 Å². The number of pyridine rings is 2. The summed E-state index contributed by atoms with van der Waals surface area (Å²) < 4.78 is 0. The number of aromatic nitrogens is 4. The largest absolute Gasteiger partial charge is 0.356 e. The van der Waals surface area contributed by atoms with Gasteiger partial charge in [-0.3, -0.25) is 14.9 Å². The van der Waals surface area contributed by atoms with Crippen LogP contribution in [0.15, 0.2) is 48.8 Å². The van der Waals surface area contributed by atoms with Crippen LogP contribution in [0.25, 0.3) is 0 Å². The van der Waals surface area contributed by atoms with Crippen molar-refractivity contribution in [3.8, 4) is 0 Å². The minimum atomic E-state index is 0.385. The van der Waals surface area contributed by atoms with Gasteiger partial charge in [0.25, 0.3) is 0 Å². The molecule has 6 heteroatoms. The van der Waals surface area contributed by atoms with Crippen molar-refractivity contribution in [2.75, 3.05) is 31.1 Å².